The monoisotopic (exact) mass is 455 g/mol. The fourth-order valence-corrected chi connectivity index (χ4v) is 3.46. The smallest absolute Gasteiger partial charge is 0.348 e. The maximum Gasteiger partial charge on any atom is 0.408 e. The van der Waals surface area contributed by atoms with Gasteiger partial charge < -0.3 is 9.88 Å². The number of hydrogen-bond donors (Lipinski definition) is 1. The summed E-state index contributed by atoms with van der Waals surface area (Å²) in [4.78, 5) is 12.9. The molecule has 9 heteroatoms. The van der Waals surface area contributed by atoms with Gasteiger partial charge in [0.25, 0.3) is 0 Å². The van der Waals surface area contributed by atoms with E-state index in [9.17, 15) is 17.6 Å². The molecule has 170 valence electrons. The zero-order valence-corrected chi connectivity index (χ0v) is 17.9. The lowest BCUT2D eigenvalue weighted by atomic mass is 10.1. The van der Waals surface area contributed by atoms with Crippen molar-refractivity contribution >= 4 is 5.95 Å². The lowest BCUT2D eigenvalue weighted by molar-refractivity contribution is -0.162. The molecule has 2 atom stereocenters. The van der Waals surface area contributed by atoms with E-state index in [1.807, 2.05) is 37.3 Å². The minimum atomic E-state index is -4.49. The zero-order chi connectivity index (χ0) is 23.6. The number of aromatic nitrogens is 4. The lowest BCUT2D eigenvalue weighted by Crippen LogP contribution is -2.24. The van der Waals surface area contributed by atoms with Gasteiger partial charge in [0, 0.05) is 11.8 Å². The Kier molecular flexibility index (Phi) is 6.13. The molecule has 2 aromatic carbocycles. The summed E-state index contributed by atoms with van der Waals surface area (Å²) in [6.07, 6.45) is -1.88. The number of nitrogens with one attached hydrogen (secondary N) is 1. The quantitative estimate of drug-likeness (QED) is 0.340. The molecule has 2 aromatic heterocycles. The zero-order valence-electron chi connectivity index (χ0n) is 17.9. The summed E-state index contributed by atoms with van der Waals surface area (Å²) in [5.74, 6) is -0.187. The van der Waals surface area contributed by atoms with Gasteiger partial charge in [-0.3, -0.25) is 0 Å². The van der Waals surface area contributed by atoms with E-state index in [0.717, 1.165) is 23.4 Å². The van der Waals surface area contributed by atoms with Crippen molar-refractivity contribution < 1.29 is 17.6 Å². The van der Waals surface area contributed by atoms with Crippen LogP contribution in [-0.4, -0.2) is 25.7 Å². The SMILES string of the molecule is CC(n1cnc(-c2ccc(F)cc2)c1-c1ccnc(N[C@@H](C)c2ccccc2)n1)C(F)(F)F. The third-order valence-corrected chi connectivity index (χ3v) is 5.35. The molecule has 0 amide bonds. The average molecular weight is 455 g/mol. The van der Waals surface area contributed by atoms with Crippen LogP contribution in [0.1, 0.15) is 31.5 Å². The Labute approximate surface area is 188 Å². The Morgan fingerprint density at radius 3 is 2.27 bits per heavy atom. The minimum Gasteiger partial charge on any atom is -0.348 e. The number of anilines is 1. The summed E-state index contributed by atoms with van der Waals surface area (Å²) < 4.78 is 55.2. The molecule has 0 radical (unpaired) electrons. The fraction of sp³-hybridized carbons (Fsp3) is 0.208. The van der Waals surface area contributed by atoms with Crippen molar-refractivity contribution in [3.63, 3.8) is 0 Å². The third kappa shape index (κ3) is 4.87. The van der Waals surface area contributed by atoms with E-state index < -0.39 is 18.0 Å². The third-order valence-electron chi connectivity index (χ3n) is 5.35. The van der Waals surface area contributed by atoms with Crippen molar-refractivity contribution in [1.82, 2.24) is 19.5 Å². The van der Waals surface area contributed by atoms with Gasteiger partial charge in [-0.1, -0.05) is 30.3 Å². The summed E-state index contributed by atoms with van der Waals surface area (Å²) in [5, 5.41) is 3.18. The van der Waals surface area contributed by atoms with E-state index in [0.29, 0.717) is 5.56 Å². The van der Waals surface area contributed by atoms with Crippen molar-refractivity contribution in [1.29, 1.82) is 0 Å². The van der Waals surface area contributed by atoms with E-state index in [-0.39, 0.29) is 29.1 Å². The first-order valence-corrected chi connectivity index (χ1v) is 10.3. The van der Waals surface area contributed by atoms with E-state index in [1.165, 1.54) is 36.5 Å². The number of halogens is 4. The van der Waals surface area contributed by atoms with Crippen LogP contribution in [0.4, 0.5) is 23.5 Å². The molecule has 0 aliphatic carbocycles. The van der Waals surface area contributed by atoms with E-state index in [1.54, 1.807) is 0 Å². The van der Waals surface area contributed by atoms with Crippen LogP contribution in [0.3, 0.4) is 0 Å². The van der Waals surface area contributed by atoms with E-state index in [4.69, 9.17) is 0 Å². The van der Waals surface area contributed by atoms with Crippen LogP contribution in [0, 0.1) is 5.82 Å². The van der Waals surface area contributed by atoms with Crippen LogP contribution in [0.25, 0.3) is 22.6 Å². The molecule has 0 saturated heterocycles. The molecule has 0 spiro atoms. The van der Waals surface area contributed by atoms with Crippen molar-refractivity contribution in [2.45, 2.75) is 32.1 Å². The molecule has 4 rings (SSSR count). The highest BCUT2D eigenvalue weighted by Crippen LogP contribution is 2.38. The highest BCUT2D eigenvalue weighted by molar-refractivity contribution is 5.77. The largest absolute Gasteiger partial charge is 0.408 e. The first-order valence-electron chi connectivity index (χ1n) is 10.3. The van der Waals surface area contributed by atoms with Crippen LogP contribution >= 0.6 is 0 Å². The summed E-state index contributed by atoms with van der Waals surface area (Å²) >= 11 is 0. The summed E-state index contributed by atoms with van der Waals surface area (Å²) in [5.41, 5.74) is 2.19. The second kappa shape index (κ2) is 9.01. The number of hydrogen-bond acceptors (Lipinski definition) is 4. The fourth-order valence-electron chi connectivity index (χ4n) is 3.46. The molecule has 0 aliphatic heterocycles. The highest BCUT2D eigenvalue weighted by atomic mass is 19.4. The molecule has 0 fully saturated rings. The number of rotatable bonds is 6. The Hall–Kier alpha value is -3.75. The van der Waals surface area contributed by atoms with Gasteiger partial charge in [0.15, 0.2) is 0 Å². The van der Waals surface area contributed by atoms with Crippen molar-refractivity contribution in [3.8, 4) is 22.6 Å². The van der Waals surface area contributed by atoms with Gasteiger partial charge in [0.05, 0.1) is 29.5 Å². The number of imidazole rings is 1. The molecule has 33 heavy (non-hydrogen) atoms. The average Bonchev–Trinajstić information content (AvgIpc) is 3.24. The molecule has 0 bridgehead atoms. The molecule has 1 N–H and O–H groups in total. The molecular weight excluding hydrogens is 434 g/mol. The Balaban J connectivity index is 1.77. The number of nitrogens with zero attached hydrogens (tertiary/aromatic N) is 4. The van der Waals surface area contributed by atoms with Crippen molar-refractivity contribution in [3.05, 3.63) is 84.6 Å². The van der Waals surface area contributed by atoms with Gasteiger partial charge in [-0.2, -0.15) is 13.2 Å². The van der Waals surface area contributed by atoms with Crippen molar-refractivity contribution in [2.24, 2.45) is 0 Å². The van der Waals surface area contributed by atoms with Gasteiger partial charge in [-0.25, -0.2) is 19.3 Å². The molecule has 0 aliphatic rings. The summed E-state index contributed by atoms with van der Waals surface area (Å²) in [7, 11) is 0. The minimum absolute atomic E-state index is 0.128. The first-order chi connectivity index (χ1) is 15.7. The van der Waals surface area contributed by atoms with Crippen LogP contribution in [-0.2, 0) is 0 Å². The predicted octanol–water partition coefficient (Wildman–Crippen LogP) is 6.44. The molecule has 4 aromatic rings. The van der Waals surface area contributed by atoms with Gasteiger partial charge in [-0.15, -0.1) is 0 Å². The van der Waals surface area contributed by atoms with Crippen LogP contribution < -0.4 is 5.32 Å². The molecule has 2 heterocycles. The predicted molar refractivity (Wildman–Crippen MR) is 118 cm³/mol. The van der Waals surface area contributed by atoms with Crippen molar-refractivity contribution in [2.75, 3.05) is 5.32 Å². The van der Waals surface area contributed by atoms with Crippen LogP contribution in [0.2, 0.25) is 0 Å². The summed E-state index contributed by atoms with van der Waals surface area (Å²) in [6.45, 7) is 2.99. The number of alkyl halides is 3. The van der Waals surface area contributed by atoms with Gasteiger partial charge in [0.1, 0.15) is 11.9 Å². The van der Waals surface area contributed by atoms with Gasteiger partial charge in [0.2, 0.25) is 5.95 Å². The summed E-state index contributed by atoms with van der Waals surface area (Å²) in [6, 6.07) is 14.6. The van der Waals surface area contributed by atoms with Crippen LogP contribution in [0.15, 0.2) is 73.2 Å². The topological polar surface area (TPSA) is 55.6 Å². The van der Waals surface area contributed by atoms with Crippen LogP contribution in [0.5, 0.6) is 0 Å². The molecular formula is C24H21F4N5. The molecule has 5 nitrogen and oxygen atoms in total. The van der Waals surface area contributed by atoms with Gasteiger partial charge >= 0.3 is 6.18 Å². The van der Waals surface area contributed by atoms with E-state index in [2.05, 4.69) is 20.3 Å². The molecule has 0 saturated carbocycles. The van der Waals surface area contributed by atoms with Gasteiger partial charge in [-0.05, 0) is 49.7 Å². The molecule has 1 unspecified atom stereocenters. The maximum absolute atomic E-state index is 13.6. The lowest BCUT2D eigenvalue weighted by Gasteiger charge is -2.20. The Morgan fingerprint density at radius 2 is 1.61 bits per heavy atom. The second-order valence-electron chi connectivity index (χ2n) is 7.62. The Bertz CT molecular complexity index is 1220. The normalized spacial score (nSPS) is 13.5. The second-order valence-corrected chi connectivity index (χ2v) is 7.62. The van der Waals surface area contributed by atoms with E-state index >= 15 is 0 Å². The maximum atomic E-state index is 13.6. The Morgan fingerprint density at radius 1 is 0.909 bits per heavy atom. The highest BCUT2D eigenvalue weighted by Gasteiger charge is 2.39. The number of benzene rings is 2. The first kappa shape index (κ1) is 22.4. The standard InChI is InChI=1S/C24H21F4N5/c1-15(17-6-4-3-5-7-17)31-23-29-13-12-20(32-23)22-21(18-8-10-19(25)11-9-18)30-14-33(22)16(2)24(26,27)28/h3-16H,1-2H3,(H,29,31,32)/t15-,16?/m0/s1.